The molecule has 0 nitrogen and oxygen atoms in total. The second-order valence-corrected chi connectivity index (χ2v) is 9.28. The molecule has 0 saturated carbocycles. The van der Waals surface area contributed by atoms with Gasteiger partial charge in [-0.25, -0.2) is 0 Å². The van der Waals surface area contributed by atoms with Crippen LogP contribution in [0.3, 0.4) is 0 Å². The van der Waals surface area contributed by atoms with Gasteiger partial charge in [0.2, 0.25) is 0 Å². The summed E-state index contributed by atoms with van der Waals surface area (Å²) in [5.74, 6) is 0. The van der Waals surface area contributed by atoms with Crippen LogP contribution in [0.25, 0.3) is 28.5 Å². The van der Waals surface area contributed by atoms with Gasteiger partial charge >= 0.3 is 0 Å². The Balaban J connectivity index is 2.08. The van der Waals surface area contributed by atoms with Crippen LogP contribution >= 0.6 is 0 Å². The normalized spacial score (nSPS) is 14.4. The second-order valence-electron chi connectivity index (χ2n) is 9.28. The molecule has 0 amide bonds. The third kappa shape index (κ3) is 3.67. The Labute approximate surface area is 181 Å². The molecule has 0 bridgehead atoms. The third-order valence-corrected chi connectivity index (χ3v) is 6.33. The quantitative estimate of drug-likeness (QED) is 0.418. The first-order chi connectivity index (χ1) is 14.4. The molecule has 3 aromatic rings. The molecular formula is C30H32. The summed E-state index contributed by atoms with van der Waals surface area (Å²) >= 11 is 0. The molecule has 0 aliphatic heterocycles. The zero-order valence-electron chi connectivity index (χ0n) is 18.8. The third-order valence-electron chi connectivity index (χ3n) is 6.33. The zero-order chi connectivity index (χ0) is 21.3. The molecule has 4 rings (SSSR count). The average molecular weight is 393 g/mol. The number of rotatable bonds is 3. The van der Waals surface area contributed by atoms with E-state index in [0.29, 0.717) is 0 Å². The van der Waals surface area contributed by atoms with Crippen LogP contribution in [0.1, 0.15) is 74.8 Å². The van der Waals surface area contributed by atoms with Gasteiger partial charge in [-0.15, -0.1) is 0 Å². The van der Waals surface area contributed by atoms with E-state index in [9.17, 15) is 0 Å². The minimum absolute atomic E-state index is 0.130. The van der Waals surface area contributed by atoms with E-state index in [4.69, 9.17) is 0 Å². The van der Waals surface area contributed by atoms with Gasteiger partial charge in [0.15, 0.2) is 0 Å². The largest absolute Gasteiger partial charge is 0.0984 e. The van der Waals surface area contributed by atoms with Crippen LogP contribution in [-0.2, 0) is 5.41 Å². The number of benzene rings is 3. The predicted molar refractivity (Wildman–Crippen MR) is 134 cm³/mol. The van der Waals surface area contributed by atoms with Gasteiger partial charge in [0.25, 0.3) is 0 Å². The van der Waals surface area contributed by atoms with E-state index in [1.807, 2.05) is 6.08 Å². The maximum Gasteiger partial charge on any atom is -0.00993 e. The fourth-order valence-electron chi connectivity index (χ4n) is 4.57. The summed E-state index contributed by atoms with van der Waals surface area (Å²) in [7, 11) is 0. The van der Waals surface area contributed by atoms with Gasteiger partial charge < -0.3 is 0 Å². The van der Waals surface area contributed by atoms with Crippen molar-refractivity contribution in [2.75, 3.05) is 0 Å². The van der Waals surface area contributed by atoms with E-state index in [1.54, 1.807) is 0 Å². The zero-order valence-corrected chi connectivity index (χ0v) is 18.8. The van der Waals surface area contributed by atoms with Crippen LogP contribution in [0.15, 0.2) is 72.8 Å². The number of hydrogen-bond donors (Lipinski definition) is 0. The highest BCUT2D eigenvalue weighted by atomic mass is 14.2. The van der Waals surface area contributed by atoms with E-state index in [-0.39, 0.29) is 5.41 Å². The summed E-state index contributed by atoms with van der Waals surface area (Å²) < 4.78 is 0. The summed E-state index contributed by atoms with van der Waals surface area (Å²) in [5, 5.41) is 2.66. The summed E-state index contributed by atoms with van der Waals surface area (Å²) in [4.78, 5) is 0. The predicted octanol–water partition coefficient (Wildman–Crippen LogP) is 8.80. The highest BCUT2D eigenvalue weighted by Gasteiger charge is 2.20. The number of allylic oxidation sites excluding steroid dienone is 2. The molecule has 0 saturated heterocycles. The average Bonchev–Trinajstić information content (AvgIpc) is 2.73. The summed E-state index contributed by atoms with van der Waals surface area (Å²) in [6.07, 6.45) is 9.95. The van der Waals surface area contributed by atoms with Gasteiger partial charge in [0.05, 0.1) is 0 Å². The molecule has 0 heteroatoms. The summed E-state index contributed by atoms with van der Waals surface area (Å²) in [6, 6.07) is 20.3. The lowest BCUT2D eigenvalue weighted by atomic mass is 9.81. The van der Waals surface area contributed by atoms with Gasteiger partial charge in [-0.05, 0) is 68.8 Å². The van der Waals surface area contributed by atoms with Crippen LogP contribution in [-0.4, -0.2) is 0 Å². The first-order valence-electron chi connectivity index (χ1n) is 11.1. The molecule has 0 unspecified atom stereocenters. The van der Waals surface area contributed by atoms with E-state index in [1.165, 1.54) is 49.7 Å². The molecule has 0 heterocycles. The van der Waals surface area contributed by atoms with Gasteiger partial charge in [0, 0.05) is 0 Å². The topological polar surface area (TPSA) is 0 Å². The van der Waals surface area contributed by atoms with E-state index in [2.05, 4.69) is 101 Å². The van der Waals surface area contributed by atoms with Gasteiger partial charge in [0.1, 0.15) is 0 Å². The Hall–Kier alpha value is -2.86. The maximum atomic E-state index is 4.09. The van der Waals surface area contributed by atoms with Gasteiger partial charge in [-0.3, -0.25) is 0 Å². The molecule has 0 N–H and O–H groups in total. The van der Waals surface area contributed by atoms with Crippen molar-refractivity contribution in [3.05, 3.63) is 101 Å². The van der Waals surface area contributed by atoms with Crippen LogP contribution in [0.4, 0.5) is 0 Å². The molecule has 1 aliphatic rings. The van der Waals surface area contributed by atoms with Crippen molar-refractivity contribution in [1.29, 1.82) is 0 Å². The lowest BCUT2D eigenvalue weighted by Crippen LogP contribution is -2.11. The molecule has 0 fully saturated rings. The van der Waals surface area contributed by atoms with Gasteiger partial charge in [-0.2, -0.15) is 0 Å². The Morgan fingerprint density at radius 3 is 2.47 bits per heavy atom. The van der Waals surface area contributed by atoms with Crippen molar-refractivity contribution in [2.24, 2.45) is 0 Å². The van der Waals surface area contributed by atoms with Crippen molar-refractivity contribution < 1.29 is 0 Å². The lowest BCUT2D eigenvalue weighted by Gasteiger charge is -2.24. The molecule has 0 radical (unpaired) electrons. The minimum atomic E-state index is 0.130. The molecule has 0 spiro atoms. The first kappa shape index (κ1) is 20.4. The van der Waals surface area contributed by atoms with Crippen molar-refractivity contribution in [2.45, 2.75) is 52.4 Å². The summed E-state index contributed by atoms with van der Waals surface area (Å²) in [6.45, 7) is 13.2. The number of fused-ring (bicyclic) bond motifs is 3. The Morgan fingerprint density at radius 1 is 0.967 bits per heavy atom. The van der Waals surface area contributed by atoms with Crippen LogP contribution in [0.2, 0.25) is 0 Å². The number of hydrogen-bond acceptors (Lipinski definition) is 0. The first-order valence-corrected chi connectivity index (χ1v) is 11.1. The monoisotopic (exact) mass is 392 g/mol. The molecule has 152 valence electrons. The Morgan fingerprint density at radius 2 is 1.73 bits per heavy atom. The van der Waals surface area contributed by atoms with E-state index < -0.39 is 0 Å². The lowest BCUT2D eigenvalue weighted by molar-refractivity contribution is 0.591. The minimum Gasteiger partial charge on any atom is -0.0984 e. The van der Waals surface area contributed by atoms with Crippen molar-refractivity contribution in [1.82, 2.24) is 0 Å². The van der Waals surface area contributed by atoms with Crippen LogP contribution in [0.5, 0.6) is 0 Å². The SMILES string of the molecule is C=Cc1ccccc1C1=C(CC)CCC=Cc2c1ccc1ccc(C(C)(C)C)cc21. The van der Waals surface area contributed by atoms with Crippen molar-refractivity contribution in [3.8, 4) is 0 Å². The van der Waals surface area contributed by atoms with E-state index >= 15 is 0 Å². The molecule has 30 heavy (non-hydrogen) atoms. The fourth-order valence-corrected chi connectivity index (χ4v) is 4.57. The Bertz CT molecular complexity index is 1160. The van der Waals surface area contributed by atoms with Gasteiger partial charge in [-0.1, -0.05) is 113 Å². The standard InChI is InChI=1S/C30H32/c1-6-21-12-8-10-14-25(21)29-22(7-2)13-9-11-15-26-27(29)19-17-23-16-18-24(20-28(23)26)30(3,4)5/h6,8,10-12,14-20H,1,7,9,13H2,2-5H3. The van der Waals surface area contributed by atoms with Crippen molar-refractivity contribution in [3.63, 3.8) is 0 Å². The van der Waals surface area contributed by atoms with Crippen LogP contribution in [0, 0.1) is 0 Å². The summed E-state index contributed by atoms with van der Waals surface area (Å²) in [5.41, 5.74) is 9.63. The van der Waals surface area contributed by atoms with Crippen LogP contribution < -0.4 is 0 Å². The molecular weight excluding hydrogens is 360 g/mol. The maximum absolute atomic E-state index is 4.09. The molecule has 1 aliphatic carbocycles. The highest BCUT2D eigenvalue weighted by Crippen LogP contribution is 2.40. The highest BCUT2D eigenvalue weighted by molar-refractivity contribution is 6.00. The molecule has 3 aromatic carbocycles. The Kier molecular flexibility index (Phi) is 5.52. The second kappa shape index (κ2) is 8.11. The van der Waals surface area contributed by atoms with E-state index in [0.717, 1.165) is 19.3 Å². The smallest absolute Gasteiger partial charge is 0.00993 e. The molecule has 0 aromatic heterocycles. The van der Waals surface area contributed by atoms with Crippen molar-refractivity contribution >= 4 is 28.5 Å². The molecule has 0 atom stereocenters. The fraction of sp³-hybridized carbons (Fsp3) is 0.267.